The summed E-state index contributed by atoms with van der Waals surface area (Å²) in [6, 6.07) is 0. The van der Waals surface area contributed by atoms with Crippen LogP contribution >= 0.6 is 22.9 Å². The van der Waals surface area contributed by atoms with E-state index >= 15 is 0 Å². The Bertz CT molecular complexity index is 394. The molecule has 2 heterocycles. The van der Waals surface area contributed by atoms with E-state index in [9.17, 15) is 0 Å². The number of hydrogen-bond acceptors (Lipinski definition) is 4. The van der Waals surface area contributed by atoms with Gasteiger partial charge in [0.05, 0.1) is 18.2 Å². The third-order valence-electron chi connectivity index (χ3n) is 1.44. The van der Waals surface area contributed by atoms with Crippen LogP contribution in [0, 0.1) is 0 Å². The first-order chi connectivity index (χ1) is 5.77. The molecule has 0 aliphatic carbocycles. The SMILES string of the molecule is Cn1cncc1-c1nnc(Cl)s1. The van der Waals surface area contributed by atoms with Gasteiger partial charge in [0.25, 0.3) is 0 Å². The van der Waals surface area contributed by atoms with Gasteiger partial charge in [-0.15, -0.1) is 10.2 Å². The summed E-state index contributed by atoms with van der Waals surface area (Å²) in [4.78, 5) is 3.97. The minimum absolute atomic E-state index is 0.450. The molecule has 0 spiro atoms. The lowest BCUT2D eigenvalue weighted by Crippen LogP contribution is -1.87. The summed E-state index contributed by atoms with van der Waals surface area (Å²) in [5.74, 6) is 0. The zero-order chi connectivity index (χ0) is 8.55. The van der Waals surface area contributed by atoms with E-state index < -0.39 is 0 Å². The molecule has 0 unspecified atom stereocenters. The molecule has 2 aromatic rings. The number of imidazole rings is 1. The molecule has 0 radical (unpaired) electrons. The predicted molar refractivity (Wildman–Crippen MR) is 47.1 cm³/mol. The zero-order valence-corrected chi connectivity index (χ0v) is 7.80. The molecule has 0 saturated heterocycles. The number of aryl methyl sites for hydroxylation is 1. The zero-order valence-electron chi connectivity index (χ0n) is 6.23. The first-order valence-corrected chi connectivity index (χ1v) is 4.42. The predicted octanol–water partition coefficient (Wildman–Crippen LogP) is 1.59. The summed E-state index contributed by atoms with van der Waals surface area (Å²) < 4.78 is 2.32. The van der Waals surface area contributed by atoms with Gasteiger partial charge in [-0.1, -0.05) is 11.3 Å². The second kappa shape index (κ2) is 2.84. The van der Waals surface area contributed by atoms with E-state index in [4.69, 9.17) is 11.6 Å². The standard InChI is InChI=1S/C6H5ClN4S/c1-11-3-8-2-4(11)5-9-10-6(7)12-5/h2-3H,1H3. The summed E-state index contributed by atoms with van der Waals surface area (Å²) in [6.45, 7) is 0. The van der Waals surface area contributed by atoms with Gasteiger partial charge in [0.15, 0.2) is 5.01 Å². The molecule has 4 nitrogen and oxygen atoms in total. The first-order valence-electron chi connectivity index (χ1n) is 3.23. The van der Waals surface area contributed by atoms with Crippen LogP contribution in [0.4, 0.5) is 0 Å². The van der Waals surface area contributed by atoms with E-state index in [1.807, 2.05) is 11.6 Å². The van der Waals surface area contributed by atoms with Crippen molar-refractivity contribution in [2.24, 2.45) is 7.05 Å². The van der Waals surface area contributed by atoms with Gasteiger partial charge in [-0.3, -0.25) is 0 Å². The smallest absolute Gasteiger partial charge is 0.207 e. The lowest BCUT2D eigenvalue weighted by molar-refractivity contribution is 0.915. The Labute approximate surface area is 77.8 Å². The molecule has 0 aliphatic rings. The van der Waals surface area contributed by atoms with Crippen LogP contribution in [0.15, 0.2) is 12.5 Å². The van der Waals surface area contributed by atoms with Gasteiger partial charge in [0.1, 0.15) is 0 Å². The van der Waals surface area contributed by atoms with Crippen molar-refractivity contribution in [3.8, 4) is 10.7 Å². The van der Waals surface area contributed by atoms with Crippen LogP contribution in [0.25, 0.3) is 10.7 Å². The molecule has 0 atom stereocenters. The monoisotopic (exact) mass is 200 g/mol. The number of aromatic nitrogens is 4. The van der Waals surface area contributed by atoms with Crippen molar-refractivity contribution in [1.29, 1.82) is 0 Å². The van der Waals surface area contributed by atoms with E-state index in [-0.39, 0.29) is 0 Å². The maximum Gasteiger partial charge on any atom is 0.207 e. The van der Waals surface area contributed by atoms with Crippen molar-refractivity contribution in [2.75, 3.05) is 0 Å². The fraction of sp³-hybridized carbons (Fsp3) is 0.167. The average Bonchev–Trinajstić information content (AvgIpc) is 2.58. The highest BCUT2D eigenvalue weighted by atomic mass is 35.5. The Morgan fingerprint density at radius 2 is 2.33 bits per heavy atom. The second-order valence-corrected chi connectivity index (χ2v) is 3.81. The lowest BCUT2D eigenvalue weighted by Gasteiger charge is -1.93. The molecule has 2 aromatic heterocycles. The van der Waals surface area contributed by atoms with E-state index in [2.05, 4.69) is 15.2 Å². The molecule has 0 N–H and O–H groups in total. The van der Waals surface area contributed by atoms with E-state index in [1.54, 1.807) is 12.5 Å². The van der Waals surface area contributed by atoms with Crippen LogP contribution in [0.5, 0.6) is 0 Å². The summed E-state index contributed by atoms with van der Waals surface area (Å²) >= 11 is 6.99. The van der Waals surface area contributed by atoms with Gasteiger partial charge in [0, 0.05) is 7.05 Å². The maximum absolute atomic E-state index is 5.64. The molecule has 6 heteroatoms. The Morgan fingerprint density at radius 1 is 1.50 bits per heavy atom. The largest absolute Gasteiger partial charge is 0.332 e. The van der Waals surface area contributed by atoms with E-state index in [0.717, 1.165) is 10.7 Å². The Hall–Kier alpha value is -0.940. The molecule has 0 bridgehead atoms. The molecule has 62 valence electrons. The number of rotatable bonds is 1. The molecule has 0 fully saturated rings. The summed E-state index contributed by atoms with van der Waals surface area (Å²) in [5, 5.41) is 8.39. The van der Waals surface area contributed by atoms with Crippen LogP contribution in [-0.4, -0.2) is 19.7 Å². The fourth-order valence-corrected chi connectivity index (χ4v) is 1.75. The highest BCUT2D eigenvalue weighted by Gasteiger charge is 2.07. The molecule has 0 aliphatic heterocycles. The van der Waals surface area contributed by atoms with Crippen LogP contribution in [-0.2, 0) is 7.05 Å². The molecule has 0 aromatic carbocycles. The topological polar surface area (TPSA) is 43.6 Å². The molecular formula is C6H5ClN4S. The third kappa shape index (κ3) is 1.21. The Kier molecular flexibility index (Phi) is 1.82. The van der Waals surface area contributed by atoms with Crippen LogP contribution < -0.4 is 0 Å². The van der Waals surface area contributed by atoms with E-state index in [0.29, 0.717) is 4.47 Å². The normalized spacial score (nSPS) is 10.5. The van der Waals surface area contributed by atoms with Crippen molar-refractivity contribution in [2.45, 2.75) is 0 Å². The highest BCUT2D eigenvalue weighted by Crippen LogP contribution is 2.24. The van der Waals surface area contributed by atoms with E-state index in [1.165, 1.54) is 11.3 Å². The Balaban J connectivity index is 2.50. The third-order valence-corrected chi connectivity index (χ3v) is 2.48. The second-order valence-electron chi connectivity index (χ2n) is 2.25. The van der Waals surface area contributed by atoms with Gasteiger partial charge < -0.3 is 4.57 Å². The van der Waals surface area contributed by atoms with Gasteiger partial charge in [-0.05, 0) is 11.6 Å². The van der Waals surface area contributed by atoms with Crippen molar-refractivity contribution in [3.63, 3.8) is 0 Å². The first kappa shape index (κ1) is 7.70. The van der Waals surface area contributed by atoms with Gasteiger partial charge in [-0.2, -0.15) is 0 Å². The Morgan fingerprint density at radius 3 is 2.83 bits per heavy atom. The highest BCUT2D eigenvalue weighted by molar-refractivity contribution is 7.18. The van der Waals surface area contributed by atoms with Crippen molar-refractivity contribution >= 4 is 22.9 Å². The number of nitrogens with zero attached hydrogens (tertiary/aromatic N) is 4. The molecular weight excluding hydrogens is 196 g/mol. The fourth-order valence-electron chi connectivity index (χ4n) is 0.872. The van der Waals surface area contributed by atoms with Crippen LogP contribution in [0.1, 0.15) is 0 Å². The minimum Gasteiger partial charge on any atom is -0.332 e. The molecule has 0 saturated carbocycles. The maximum atomic E-state index is 5.64. The molecule has 2 rings (SSSR count). The number of hydrogen-bond donors (Lipinski definition) is 0. The van der Waals surface area contributed by atoms with Crippen molar-refractivity contribution < 1.29 is 0 Å². The van der Waals surface area contributed by atoms with Crippen LogP contribution in [0.2, 0.25) is 4.47 Å². The molecule has 0 amide bonds. The van der Waals surface area contributed by atoms with Crippen molar-refractivity contribution in [1.82, 2.24) is 19.7 Å². The average molecular weight is 201 g/mol. The van der Waals surface area contributed by atoms with Gasteiger partial charge in [0.2, 0.25) is 4.47 Å². The van der Waals surface area contributed by atoms with Crippen molar-refractivity contribution in [3.05, 3.63) is 17.0 Å². The number of halogens is 1. The quantitative estimate of drug-likeness (QED) is 0.702. The summed E-state index contributed by atoms with van der Waals surface area (Å²) in [5.41, 5.74) is 0.930. The van der Waals surface area contributed by atoms with Gasteiger partial charge >= 0.3 is 0 Å². The van der Waals surface area contributed by atoms with Crippen LogP contribution in [0.3, 0.4) is 0 Å². The molecule has 12 heavy (non-hydrogen) atoms. The summed E-state index contributed by atoms with van der Waals surface area (Å²) in [6.07, 6.45) is 3.45. The summed E-state index contributed by atoms with van der Waals surface area (Å²) in [7, 11) is 1.90. The van der Waals surface area contributed by atoms with Gasteiger partial charge in [-0.25, -0.2) is 4.98 Å². The minimum atomic E-state index is 0.450. The lowest BCUT2D eigenvalue weighted by atomic mass is 10.5.